The Kier molecular flexibility index (Phi) is 6.99. The van der Waals surface area contributed by atoms with Crippen LogP contribution in [0.15, 0.2) is 47.4 Å². The van der Waals surface area contributed by atoms with E-state index in [2.05, 4.69) is 10.0 Å². The summed E-state index contributed by atoms with van der Waals surface area (Å²) in [7, 11) is -3.98. The van der Waals surface area contributed by atoms with Crippen LogP contribution in [0.1, 0.15) is 31.1 Å². The Bertz CT molecular complexity index is 1020. The number of carbonyl (C=O) groups excluding carboxylic acids is 2. The number of nitrogens with one attached hydrogen (secondary N) is 2. The molecule has 0 aliphatic heterocycles. The Morgan fingerprint density at radius 2 is 1.72 bits per heavy atom. The van der Waals surface area contributed by atoms with Crippen LogP contribution < -0.4 is 10.0 Å². The number of sulfonamides is 1. The van der Waals surface area contributed by atoms with E-state index in [1.165, 1.54) is 36.4 Å². The van der Waals surface area contributed by atoms with Crippen LogP contribution in [0.2, 0.25) is 5.02 Å². The third-order valence-corrected chi connectivity index (χ3v) is 5.60. The first-order valence-electron chi connectivity index (χ1n) is 8.43. The van der Waals surface area contributed by atoms with Gasteiger partial charge in [0.25, 0.3) is 5.91 Å². The molecule has 0 aliphatic carbocycles. The van der Waals surface area contributed by atoms with E-state index >= 15 is 0 Å². The molecular formula is C19H20ClFN2O5S. The molecular weight excluding hydrogens is 423 g/mol. The van der Waals surface area contributed by atoms with E-state index in [4.69, 9.17) is 16.3 Å². The van der Waals surface area contributed by atoms with Crippen LogP contribution in [0.4, 0.5) is 10.1 Å². The van der Waals surface area contributed by atoms with Crippen LogP contribution in [0.3, 0.4) is 0 Å². The summed E-state index contributed by atoms with van der Waals surface area (Å²) >= 11 is 5.98. The highest BCUT2D eigenvalue weighted by Crippen LogP contribution is 2.24. The van der Waals surface area contributed by atoms with Crippen molar-refractivity contribution in [3.05, 3.63) is 58.9 Å². The number of esters is 1. The van der Waals surface area contributed by atoms with Crippen molar-refractivity contribution in [1.82, 2.24) is 4.72 Å². The molecule has 0 aromatic heterocycles. The van der Waals surface area contributed by atoms with Crippen LogP contribution in [0.5, 0.6) is 0 Å². The van der Waals surface area contributed by atoms with Gasteiger partial charge in [-0.3, -0.25) is 4.79 Å². The van der Waals surface area contributed by atoms with Crippen molar-refractivity contribution in [2.45, 2.75) is 31.2 Å². The average Bonchev–Trinajstić information content (AvgIpc) is 2.60. The molecule has 0 bridgehead atoms. The zero-order valence-electron chi connectivity index (χ0n) is 16.0. The van der Waals surface area contributed by atoms with E-state index in [1.54, 1.807) is 20.8 Å². The van der Waals surface area contributed by atoms with Crippen molar-refractivity contribution < 1.29 is 27.1 Å². The normalized spacial score (nSPS) is 11.8. The molecule has 1 amide bonds. The van der Waals surface area contributed by atoms with Gasteiger partial charge in [-0.05, 0) is 63.2 Å². The largest absolute Gasteiger partial charge is 0.452 e. The van der Waals surface area contributed by atoms with Crippen LogP contribution in [-0.2, 0) is 19.6 Å². The van der Waals surface area contributed by atoms with Crippen molar-refractivity contribution in [2.24, 2.45) is 0 Å². The zero-order chi connectivity index (χ0) is 21.8. The van der Waals surface area contributed by atoms with Gasteiger partial charge in [-0.15, -0.1) is 0 Å². The average molecular weight is 443 g/mol. The van der Waals surface area contributed by atoms with Crippen LogP contribution in [0.25, 0.3) is 0 Å². The molecule has 7 nitrogen and oxygen atoms in total. The van der Waals surface area contributed by atoms with Gasteiger partial charge in [0.15, 0.2) is 6.61 Å². The van der Waals surface area contributed by atoms with E-state index in [-0.39, 0.29) is 15.5 Å². The molecule has 0 saturated heterocycles. The highest BCUT2D eigenvalue weighted by atomic mass is 35.5. The van der Waals surface area contributed by atoms with Gasteiger partial charge in [0.1, 0.15) is 10.7 Å². The molecule has 0 heterocycles. The number of carbonyl (C=O) groups is 2. The van der Waals surface area contributed by atoms with E-state index in [0.29, 0.717) is 5.69 Å². The van der Waals surface area contributed by atoms with Gasteiger partial charge in [-0.25, -0.2) is 22.3 Å². The fraction of sp³-hybridized carbons (Fsp3) is 0.263. The lowest BCUT2D eigenvalue weighted by atomic mass is 10.1. The van der Waals surface area contributed by atoms with Gasteiger partial charge >= 0.3 is 5.97 Å². The molecule has 0 atom stereocenters. The topological polar surface area (TPSA) is 102 Å². The van der Waals surface area contributed by atoms with Crippen LogP contribution in [0, 0.1) is 5.82 Å². The second kappa shape index (κ2) is 8.89. The minimum atomic E-state index is -3.98. The number of halogens is 2. The first-order valence-corrected chi connectivity index (χ1v) is 10.3. The second-order valence-corrected chi connectivity index (χ2v) is 9.19. The Labute approximate surface area is 173 Å². The highest BCUT2D eigenvalue weighted by Gasteiger charge is 2.25. The highest BCUT2D eigenvalue weighted by molar-refractivity contribution is 7.89. The van der Waals surface area contributed by atoms with Crippen molar-refractivity contribution in [2.75, 3.05) is 11.9 Å². The number of hydrogen-bond donors (Lipinski definition) is 2. The lowest BCUT2D eigenvalue weighted by Gasteiger charge is -2.21. The number of rotatable bonds is 6. The zero-order valence-corrected chi connectivity index (χ0v) is 17.5. The van der Waals surface area contributed by atoms with Crippen molar-refractivity contribution in [3.8, 4) is 0 Å². The third kappa shape index (κ3) is 6.81. The van der Waals surface area contributed by atoms with Gasteiger partial charge in [0, 0.05) is 11.2 Å². The van der Waals surface area contributed by atoms with Crippen molar-refractivity contribution in [3.63, 3.8) is 0 Å². The molecule has 0 saturated carbocycles. The summed E-state index contributed by atoms with van der Waals surface area (Å²) in [6, 6.07) is 8.68. The molecule has 0 aliphatic rings. The van der Waals surface area contributed by atoms with Crippen LogP contribution in [-0.4, -0.2) is 32.4 Å². The molecule has 156 valence electrons. The molecule has 2 N–H and O–H groups in total. The van der Waals surface area contributed by atoms with E-state index in [9.17, 15) is 22.4 Å². The number of benzene rings is 2. The standard InChI is InChI=1S/C19H20ClFN2O5S/c1-19(2,3)23-29(26,27)16-10-12(4-9-15(16)20)18(25)28-11-17(24)22-14-7-5-13(21)6-8-14/h4-10,23H,11H2,1-3H3,(H,22,24). The molecule has 29 heavy (non-hydrogen) atoms. The maximum atomic E-state index is 12.9. The van der Waals surface area contributed by atoms with E-state index in [1.807, 2.05) is 0 Å². The monoisotopic (exact) mass is 442 g/mol. The summed E-state index contributed by atoms with van der Waals surface area (Å²) in [5.41, 5.74) is -0.504. The van der Waals surface area contributed by atoms with Crippen molar-refractivity contribution in [1.29, 1.82) is 0 Å². The second-order valence-electron chi connectivity index (χ2n) is 7.13. The SMILES string of the molecule is CC(C)(C)NS(=O)(=O)c1cc(C(=O)OCC(=O)Nc2ccc(F)cc2)ccc1Cl. The molecule has 0 fully saturated rings. The first-order chi connectivity index (χ1) is 13.4. The Morgan fingerprint density at radius 1 is 1.10 bits per heavy atom. The number of hydrogen-bond acceptors (Lipinski definition) is 5. The summed E-state index contributed by atoms with van der Waals surface area (Å²) < 4.78 is 45.2. The summed E-state index contributed by atoms with van der Waals surface area (Å²) in [5, 5.41) is 2.37. The first kappa shape index (κ1) is 22.8. The predicted molar refractivity (Wildman–Crippen MR) is 107 cm³/mol. The summed E-state index contributed by atoms with van der Waals surface area (Å²) in [4.78, 5) is 23.8. The van der Waals surface area contributed by atoms with E-state index in [0.717, 1.165) is 6.07 Å². The van der Waals surface area contributed by atoms with E-state index < -0.39 is 39.9 Å². The molecule has 0 radical (unpaired) electrons. The van der Waals surface area contributed by atoms with Crippen LogP contribution >= 0.6 is 11.6 Å². The number of anilines is 1. The predicted octanol–water partition coefficient (Wildman–Crippen LogP) is 3.35. The van der Waals surface area contributed by atoms with Gasteiger partial charge in [0.05, 0.1) is 10.6 Å². The van der Waals surface area contributed by atoms with Gasteiger partial charge in [0.2, 0.25) is 10.0 Å². The maximum absolute atomic E-state index is 12.9. The minimum Gasteiger partial charge on any atom is -0.452 e. The van der Waals surface area contributed by atoms with Crippen molar-refractivity contribution >= 4 is 39.2 Å². The summed E-state index contributed by atoms with van der Waals surface area (Å²) in [6.07, 6.45) is 0. The fourth-order valence-corrected chi connectivity index (χ4v) is 4.18. The lowest BCUT2D eigenvalue weighted by molar-refractivity contribution is -0.119. The molecule has 0 unspecified atom stereocenters. The van der Waals surface area contributed by atoms with Gasteiger partial charge in [-0.2, -0.15) is 0 Å². The maximum Gasteiger partial charge on any atom is 0.338 e. The lowest BCUT2D eigenvalue weighted by Crippen LogP contribution is -2.40. The Morgan fingerprint density at radius 3 is 2.31 bits per heavy atom. The third-order valence-electron chi connectivity index (χ3n) is 3.36. The quantitative estimate of drug-likeness (QED) is 0.668. The fourth-order valence-electron chi connectivity index (χ4n) is 2.24. The summed E-state index contributed by atoms with van der Waals surface area (Å²) in [6.45, 7) is 4.38. The van der Waals surface area contributed by atoms with Gasteiger partial charge < -0.3 is 10.1 Å². The Hall–Kier alpha value is -2.49. The molecule has 2 aromatic rings. The molecule has 2 rings (SSSR count). The summed E-state index contributed by atoms with van der Waals surface area (Å²) in [5.74, 6) is -1.99. The minimum absolute atomic E-state index is 0.0626. The number of ether oxygens (including phenoxy) is 1. The van der Waals surface area contributed by atoms with Gasteiger partial charge in [-0.1, -0.05) is 11.6 Å². The molecule has 2 aromatic carbocycles. The number of amides is 1. The Balaban J connectivity index is 2.07. The molecule has 0 spiro atoms. The smallest absolute Gasteiger partial charge is 0.338 e. The molecule has 10 heteroatoms.